The Bertz CT molecular complexity index is 380. The Morgan fingerprint density at radius 1 is 1.69 bits per heavy atom. The zero-order valence-corrected chi connectivity index (χ0v) is 10.4. The van der Waals surface area contributed by atoms with E-state index in [1.165, 1.54) is 24.8 Å². The van der Waals surface area contributed by atoms with E-state index in [0.717, 1.165) is 6.54 Å². The van der Waals surface area contributed by atoms with Crippen molar-refractivity contribution in [2.24, 2.45) is 0 Å². The lowest BCUT2D eigenvalue weighted by Gasteiger charge is -2.10. The third-order valence-corrected chi connectivity index (χ3v) is 4.23. The van der Waals surface area contributed by atoms with E-state index in [-0.39, 0.29) is 5.91 Å². The van der Waals surface area contributed by atoms with Gasteiger partial charge in [0.1, 0.15) is 0 Å². The maximum Gasteiger partial charge on any atom is 0.252 e. The summed E-state index contributed by atoms with van der Waals surface area (Å²) in [5.41, 5.74) is 0.500. The first-order chi connectivity index (χ1) is 7.77. The Morgan fingerprint density at radius 2 is 2.56 bits per heavy atom. The van der Waals surface area contributed by atoms with Crippen molar-refractivity contribution in [3.05, 3.63) is 29.0 Å². The summed E-state index contributed by atoms with van der Waals surface area (Å²) in [4.78, 5) is 15.6. The largest absolute Gasteiger partial charge is 0.351 e. The zero-order chi connectivity index (χ0) is 11.4. The van der Waals surface area contributed by atoms with Crippen LogP contribution in [0.25, 0.3) is 0 Å². The summed E-state index contributed by atoms with van der Waals surface area (Å²) in [6.45, 7) is 0.724. The molecular weight excluding hydrogens is 244 g/mol. The molecule has 1 aliphatic rings. The summed E-state index contributed by atoms with van der Waals surface area (Å²) in [5, 5.41) is 3.87. The first-order valence-electron chi connectivity index (χ1n) is 5.26. The molecule has 1 aliphatic heterocycles. The maximum atomic E-state index is 11.8. The van der Waals surface area contributed by atoms with Crippen molar-refractivity contribution in [3.63, 3.8) is 0 Å². The standard InChI is InChI=1S/C11H13ClN2OS/c12-10-7-13-4-3-9(10)11(15)14-6-8-2-1-5-16-8/h3-4,7-8H,1-2,5-6H2,(H,14,15). The van der Waals surface area contributed by atoms with Crippen LogP contribution in [-0.2, 0) is 0 Å². The molecule has 0 aromatic carbocycles. The number of carbonyl (C=O) groups is 1. The molecule has 1 aromatic rings. The van der Waals surface area contributed by atoms with Crippen LogP contribution in [0.2, 0.25) is 5.02 Å². The third kappa shape index (κ3) is 2.89. The highest BCUT2D eigenvalue weighted by Gasteiger charge is 2.17. The summed E-state index contributed by atoms with van der Waals surface area (Å²) < 4.78 is 0. The van der Waals surface area contributed by atoms with E-state index in [1.807, 2.05) is 11.8 Å². The minimum atomic E-state index is -0.111. The van der Waals surface area contributed by atoms with Crippen molar-refractivity contribution < 1.29 is 4.79 Å². The molecule has 1 unspecified atom stereocenters. The van der Waals surface area contributed by atoms with Crippen LogP contribution in [0.5, 0.6) is 0 Å². The molecule has 1 amide bonds. The van der Waals surface area contributed by atoms with Crippen LogP contribution >= 0.6 is 23.4 Å². The molecule has 2 rings (SSSR count). The topological polar surface area (TPSA) is 42.0 Å². The fraction of sp³-hybridized carbons (Fsp3) is 0.455. The van der Waals surface area contributed by atoms with Crippen LogP contribution in [0.4, 0.5) is 0 Å². The Labute approximate surface area is 104 Å². The van der Waals surface area contributed by atoms with Gasteiger partial charge < -0.3 is 5.32 Å². The van der Waals surface area contributed by atoms with E-state index in [0.29, 0.717) is 15.8 Å². The monoisotopic (exact) mass is 256 g/mol. The van der Waals surface area contributed by atoms with Gasteiger partial charge in [0.05, 0.1) is 10.6 Å². The average molecular weight is 257 g/mol. The van der Waals surface area contributed by atoms with Gasteiger partial charge in [-0.2, -0.15) is 11.8 Å². The number of halogens is 1. The molecule has 0 aliphatic carbocycles. The van der Waals surface area contributed by atoms with Gasteiger partial charge in [-0.15, -0.1) is 0 Å². The first kappa shape index (κ1) is 11.7. The van der Waals surface area contributed by atoms with Gasteiger partial charge in [-0.3, -0.25) is 9.78 Å². The molecule has 1 fully saturated rings. The zero-order valence-electron chi connectivity index (χ0n) is 8.78. The quantitative estimate of drug-likeness (QED) is 0.903. The Kier molecular flexibility index (Phi) is 4.07. The van der Waals surface area contributed by atoms with Gasteiger partial charge in [0.2, 0.25) is 0 Å². The Balaban J connectivity index is 1.90. The summed E-state index contributed by atoms with van der Waals surface area (Å²) >= 11 is 7.81. The van der Waals surface area contributed by atoms with Gasteiger partial charge in [0.25, 0.3) is 5.91 Å². The maximum absolute atomic E-state index is 11.8. The summed E-state index contributed by atoms with van der Waals surface area (Å²) in [7, 11) is 0. The molecule has 0 saturated carbocycles. The first-order valence-corrected chi connectivity index (χ1v) is 6.69. The van der Waals surface area contributed by atoms with Gasteiger partial charge in [-0.05, 0) is 24.7 Å². The van der Waals surface area contributed by atoms with E-state index in [4.69, 9.17) is 11.6 Å². The van der Waals surface area contributed by atoms with E-state index in [1.54, 1.807) is 12.3 Å². The van der Waals surface area contributed by atoms with Crippen LogP contribution in [0.1, 0.15) is 23.2 Å². The van der Waals surface area contributed by atoms with Gasteiger partial charge >= 0.3 is 0 Å². The number of aromatic nitrogens is 1. The predicted octanol–water partition coefficient (Wildman–Crippen LogP) is 2.36. The molecule has 1 saturated heterocycles. The lowest BCUT2D eigenvalue weighted by atomic mass is 10.2. The molecular formula is C11H13ClN2OS. The van der Waals surface area contributed by atoms with Gasteiger partial charge in [-0.1, -0.05) is 11.6 Å². The Hall–Kier alpha value is -0.740. The van der Waals surface area contributed by atoms with Crippen molar-refractivity contribution in [1.82, 2.24) is 10.3 Å². The lowest BCUT2D eigenvalue weighted by molar-refractivity contribution is 0.0953. The number of pyridine rings is 1. The third-order valence-electron chi connectivity index (χ3n) is 2.53. The summed E-state index contributed by atoms with van der Waals surface area (Å²) in [6.07, 6.45) is 5.50. The van der Waals surface area contributed by atoms with Crippen molar-refractivity contribution in [2.75, 3.05) is 12.3 Å². The molecule has 2 heterocycles. The highest BCUT2D eigenvalue weighted by Crippen LogP contribution is 2.25. The van der Waals surface area contributed by atoms with E-state index in [2.05, 4.69) is 10.3 Å². The van der Waals surface area contributed by atoms with E-state index in [9.17, 15) is 4.79 Å². The molecule has 0 radical (unpaired) electrons. The molecule has 1 N–H and O–H groups in total. The second-order valence-corrected chi connectivity index (χ2v) is 5.52. The highest BCUT2D eigenvalue weighted by molar-refractivity contribution is 8.00. The number of amides is 1. The number of nitrogens with zero attached hydrogens (tertiary/aromatic N) is 1. The number of carbonyl (C=O) groups excluding carboxylic acids is 1. The van der Waals surface area contributed by atoms with Crippen LogP contribution in [0, 0.1) is 0 Å². The second kappa shape index (κ2) is 5.55. The highest BCUT2D eigenvalue weighted by atomic mass is 35.5. The number of nitrogens with one attached hydrogen (secondary N) is 1. The number of thioether (sulfide) groups is 1. The molecule has 3 nitrogen and oxygen atoms in total. The van der Waals surface area contributed by atoms with Crippen LogP contribution in [0.15, 0.2) is 18.5 Å². The fourth-order valence-electron chi connectivity index (χ4n) is 1.67. The van der Waals surface area contributed by atoms with Crippen molar-refractivity contribution >= 4 is 29.3 Å². The minimum absolute atomic E-state index is 0.111. The molecule has 86 valence electrons. The summed E-state index contributed by atoms with van der Waals surface area (Å²) in [6, 6.07) is 1.64. The van der Waals surface area contributed by atoms with Crippen molar-refractivity contribution in [2.45, 2.75) is 18.1 Å². The van der Waals surface area contributed by atoms with Gasteiger partial charge in [0, 0.05) is 24.2 Å². The van der Waals surface area contributed by atoms with Crippen molar-refractivity contribution in [1.29, 1.82) is 0 Å². The van der Waals surface area contributed by atoms with Crippen LogP contribution in [0.3, 0.4) is 0 Å². The SMILES string of the molecule is O=C(NCC1CCCS1)c1ccncc1Cl. The molecule has 0 spiro atoms. The number of hydrogen-bond acceptors (Lipinski definition) is 3. The smallest absolute Gasteiger partial charge is 0.252 e. The second-order valence-electron chi connectivity index (χ2n) is 3.70. The molecule has 16 heavy (non-hydrogen) atoms. The average Bonchev–Trinajstić information content (AvgIpc) is 2.79. The number of hydrogen-bond donors (Lipinski definition) is 1. The van der Waals surface area contributed by atoms with E-state index >= 15 is 0 Å². The minimum Gasteiger partial charge on any atom is -0.351 e. The van der Waals surface area contributed by atoms with Crippen LogP contribution < -0.4 is 5.32 Å². The molecule has 0 bridgehead atoms. The van der Waals surface area contributed by atoms with Gasteiger partial charge in [0.15, 0.2) is 0 Å². The number of rotatable bonds is 3. The van der Waals surface area contributed by atoms with Gasteiger partial charge in [-0.25, -0.2) is 0 Å². The predicted molar refractivity (Wildman–Crippen MR) is 67.1 cm³/mol. The molecule has 5 heteroatoms. The molecule has 1 aromatic heterocycles. The molecule has 1 atom stereocenters. The Morgan fingerprint density at radius 3 is 3.25 bits per heavy atom. The fourth-order valence-corrected chi connectivity index (χ4v) is 3.07. The van der Waals surface area contributed by atoms with Crippen LogP contribution in [-0.4, -0.2) is 28.4 Å². The lowest BCUT2D eigenvalue weighted by Crippen LogP contribution is -2.29. The van der Waals surface area contributed by atoms with Crippen molar-refractivity contribution in [3.8, 4) is 0 Å². The van der Waals surface area contributed by atoms with E-state index < -0.39 is 0 Å². The normalized spacial score (nSPS) is 19.7. The summed E-state index contributed by atoms with van der Waals surface area (Å²) in [5.74, 6) is 1.09.